The van der Waals surface area contributed by atoms with Crippen LogP contribution in [-0.2, 0) is 17.9 Å². The highest BCUT2D eigenvalue weighted by Gasteiger charge is 2.24. The molecule has 386 valence electrons. The first-order chi connectivity index (χ1) is 36.2. The molecular weight excluding hydrogens is 963 g/mol. The molecule has 0 bridgehead atoms. The molecule has 8 rings (SSSR count). The molecule has 0 aliphatic rings. The van der Waals surface area contributed by atoms with Crippen molar-refractivity contribution in [2.75, 3.05) is 37.8 Å². The Morgan fingerprint density at radius 2 is 1.08 bits per heavy atom. The number of likely N-dealkylation sites (N-methyl/N-ethyl adjacent to an activating group) is 1. The second-order valence-corrected chi connectivity index (χ2v) is 19.4. The second kappa shape index (κ2) is 22.7. The SMILES string of the molecule is CN=C(N)c1cc(-c2cc(-c3cc(NC(=O)c4ccnc(C(C)(C)F)c4)ccc3C)cc(CN(C)CCNC(=O)c3cc(-c4cc(-c5cc(NC(=O)c6ccnc(C(C)(C)F)c6)ccc5C)ccn4)ccn3)n2)ccn1. The molecule has 2 aromatic carbocycles. The lowest BCUT2D eigenvalue weighted by Crippen LogP contribution is -2.33. The van der Waals surface area contributed by atoms with Gasteiger partial charge in [0.15, 0.2) is 0 Å². The molecule has 0 aliphatic carbocycles. The van der Waals surface area contributed by atoms with Crippen LogP contribution >= 0.6 is 0 Å². The number of hydrogen-bond donors (Lipinski definition) is 4. The molecule has 8 aromatic rings. The summed E-state index contributed by atoms with van der Waals surface area (Å²) in [7, 11) is 3.54. The summed E-state index contributed by atoms with van der Waals surface area (Å²) in [5.74, 6) is -0.867. The minimum Gasteiger partial charge on any atom is -0.382 e. The van der Waals surface area contributed by atoms with E-state index in [0.717, 1.165) is 44.6 Å². The molecule has 15 nitrogen and oxygen atoms in total. The van der Waals surface area contributed by atoms with Crippen LogP contribution in [0.25, 0.3) is 44.8 Å². The van der Waals surface area contributed by atoms with Gasteiger partial charge in [0.2, 0.25) is 0 Å². The number of anilines is 2. The van der Waals surface area contributed by atoms with Crippen LogP contribution in [0.2, 0.25) is 0 Å². The van der Waals surface area contributed by atoms with Gasteiger partial charge in [-0.1, -0.05) is 12.1 Å². The Balaban J connectivity index is 0.959. The van der Waals surface area contributed by atoms with Gasteiger partial charge in [0.25, 0.3) is 17.7 Å². The Morgan fingerprint density at radius 1 is 0.579 bits per heavy atom. The molecule has 0 atom stereocenters. The first-order valence-electron chi connectivity index (χ1n) is 24.5. The standard InChI is InChI=1S/C59H58F2N12O3/c1-35-9-11-43(71-55(74)40-16-21-67-52(30-40)58(3,4)60)32-46(35)37-13-18-64-48(26-37)38-14-20-66-51(28-38)57(76)69-23-24-73(8)34-45-25-42(29-49(70-45)39-15-19-65-50(27-39)54(62)63-7)47-33-44(12-10-36(47)2)72-56(75)41-17-22-68-53(31-41)59(5,6)61/h9-22,25-33H,23-24,34H2,1-8H3,(H2,62,63)(H,69,76)(H,71,74)(H,72,75). The number of benzene rings is 2. The smallest absolute Gasteiger partial charge is 0.269 e. The van der Waals surface area contributed by atoms with Gasteiger partial charge in [0, 0.05) is 91.3 Å². The molecule has 76 heavy (non-hydrogen) atoms. The average Bonchev–Trinajstić information content (AvgIpc) is 3.41. The summed E-state index contributed by atoms with van der Waals surface area (Å²) in [5.41, 5.74) is 14.2. The first kappa shape index (κ1) is 53.3. The van der Waals surface area contributed by atoms with E-state index in [-0.39, 0.29) is 40.0 Å². The number of amides is 3. The van der Waals surface area contributed by atoms with E-state index in [1.165, 1.54) is 52.2 Å². The van der Waals surface area contributed by atoms with Crippen molar-refractivity contribution in [3.63, 3.8) is 0 Å². The van der Waals surface area contributed by atoms with Gasteiger partial charge in [0.1, 0.15) is 28.6 Å². The third-order valence-electron chi connectivity index (χ3n) is 12.6. The molecule has 0 aliphatic heterocycles. The number of amidine groups is 1. The molecular formula is C59H58F2N12O3. The third-order valence-corrected chi connectivity index (χ3v) is 12.6. The van der Waals surface area contributed by atoms with E-state index in [1.807, 2.05) is 98.6 Å². The fraction of sp³-hybridized carbons (Fsp3) is 0.220. The van der Waals surface area contributed by atoms with Crippen LogP contribution in [0.1, 0.15) is 92.8 Å². The number of aliphatic imine (C=N–C) groups is 1. The van der Waals surface area contributed by atoms with E-state index in [1.54, 1.807) is 49.9 Å². The number of alkyl halides is 2. The fourth-order valence-electron chi connectivity index (χ4n) is 8.31. The van der Waals surface area contributed by atoms with Crippen molar-refractivity contribution in [1.29, 1.82) is 0 Å². The Bertz CT molecular complexity index is 3520. The van der Waals surface area contributed by atoms with Crippen LogP contribution in [0, 0.1) is 13.8 Å². The van der Waals surface area contributed by atoms with Crippen molar-refractivity contribution in [1.82, 2.24) is 40.1 Å². The van der Waals surface area contributed by atoms with Crippen LogP contribution in [0.15, 0.2) is 145 Å². The fourth-order valence-corrected chi connectivity index (χ4v) is 8.31. The van der Waals surface area contributed by atoms with Crippen molar-refractivity contribution in [3.05, 3.63) is 191 Å². The zero-order valence-corrected chi connectivity index (χ0v) is 43.5. The molecule has 0 saturated heterocycles. The molecule has 5 N–H and O–H groups in total. The van der Waals surface area contributed by atoms with Gasteiger partial charge in [-0.05, 0) is 179 Å². The van der Waals surface area contributed by atoms with E-state index < -0.39 is 23.2 Å². The van der Waals surface area contributed by atoms with Gasteiger partial charge in [-0.15, -0.1) is 0 Å². The number of rotatable bonds is 17. The summed E-state index contributed by atoms with van der Waals surface area (Å²) in [5, 5.41) is 8.89. The van der Waals surface area contributed by atoms with E-state index in [4.69, 9.17) is 10.7 Å². The van der Waals surface area contributed by atoms with Crippen molar-refractivity contribution in [2.45, 2.75) is 59.4 Å². The number of hydrogen-bond acceptors (Lipinski definition) is 11. The summed E-state index contributed by atoms with van der Waals surface area (Å²) in [4.78, 5) is 73.1. The molecule has 6 heterocycles. The number of aryl methyl sites for hydroxylation is 2. The number of nitrogens with zero attached hydrogens (tertiary/aromatic N) is 8. The largest absolute Gasteiger partial charge is 0.382 e. The van der Waals surface area contributed by atoms with Crippen molar-refractivity contribution >= 4 is 34.9 Å². The first-order valence-corrected chi connectivity index (χ1v) is 24.5. The number of nitrogens with two attached hydrogens (primary N) is 1. The minimum atomic E-state index is -1.72. The van der Waals surface area contributed by atoms with Crippen LogP contribution in [0.5, 0.6) is 0 Å². The maximum Gasteiger partial charge on any atom is 0.269 e. The summed E-state index contributed by atoms with van der Waals surface area (Å²) >= 11 is 0. The van der Waals surface area contributed by atoms with Crippen molar-refractivity contribution in [3.8, 4) is 44.8 Å². The average molecular weight is 1020 g/mol. The lowest BCUT2D eigenvalue weighted by atomic mass is 9.97. The maximum absolute atomic E-state index is 14.7. The summed E-state index contributed by atoms with van der Waals surface area (Å²) in [6, 6.07) is 32.2. The summed E-state index contributed by atoms with van der Waals surface area (Å²) in [6.07, 6.45) is 7.76. The Kier molecular flexibility index (Phi) is 15.9. The summed E-state index contributed by atoms with van der Waals surface area (Å²) in [6.45, 7) is 10.7. The highest BCUT2D eigenvalue weighted by atomic mass is 19.1. The molecule has 0 fully saturated rings. The van der Waals surface area contributed by atoms with Gasteiger partial charge in [0.05, 0.1) is 28.5 Å². The highest BCUT2D eigenvalue weighted by Crippen LogP contribution is 2.33. The predicted molar refractivity (Wildman–Crippen MR) is 293 cm³/mol. The van der Waals surface area contributed by atoms with Gasteiger partial charge in [-0.2, -0.15) is 0 Å². The van der Waals surface area contributed by atoms with Gasteiger partial charge in [-0.25, -0.2) is 8.78 Å². The third kappa shape index (κ3) is 13.0. The quantitative estimate of drug-likeness (QED) is 0.0499. The molecule has 0 saturated carbocycles. The van der Waals surface area contributed by atoms with E-state index in [0.29, 0.717) is 53.7 Å². The lowest BCUT2D eigenvalue weighted by Gasteiger charge is -2.19. The number of halogens is 2. The molecule has 17 heteroatoms. The Labute approximate surface area is 440 Å². The van der Waals surface area contributed by atoms with E-state index in [2.05, 4.69) is 45.9 Å². The molecule has 0 spiro atoms. The highest BCUT2D eigenvalue weighted by molar-refractivity contribution is 6.05. The van der Waals surface area contributed by atoms with Crippen molar-refractivity contribution in [2.24, 2.45) is 10.7 Å². The number of carbonyl (C=O) groups excluding carboxylic acids is 3. The van der Waals surface area contributed by atoms with Crippen LogP contribution in [-0.4, -0.2) is 85.5 Å². The predicted octanol–water partition coefficient (Wildman–Crippen LogP) is 10.5. The van der Waals surface area contributed by atoms with Crippen LogP contribution < -0.4 is 21.7 Å². The van der Waals surface area contributed by atoms with Crippen LogP contribution in [0.3, 0.4) is 0 Å². The van der Waals surface area contributed by atoms with Gasteiger partial charge >= 0.3 is 0 Å². The van der Waals surface area contributed by atoms with Crippen molar-refractivity contribution < 1.29 is 23.2 Å². The molecule has 0 unspecified atom stereocenters. The summed E-state index contributed by atoms with van der Waals surface area (Å²) < 4.78 is 29.3. The number of aromatic nitrogens is 6. The monoisotopic (exact) mass is 1020 g/mol. The normalized spacial score (nSPS) is 11.9. The van der Waals surface area contributed by atoms with Crippen LogP contribution in [0.4, 0.5) is 20.2 Å². The molecule has 0 radical (unpaired) electrons. The lowest BCUT2D eigenvalue weighted by molar-refractivity contribution is 0.0943. The molecule has 3 amide bonds. The number of nitrogens with one attached hydrogen (secondary N) is 3. The van der Waals surface area contributed by atoms with E-state index >= 15 is 0 Å². The maximum atomic E-state index is 14.7. The zero-order chi connectivity index (χ0) is 54.3. The van der Waals surface area contributed by atoms with Gasteiger partial charge < -0.3 is 21.7 Å². The minimum absolute atomic E-state index is 0.157. The topological polar surface area (TPSA) is 206 Å². The molecule has 6 aromatic heterocycles. The number of carbonyl (C=O) groups is 3. The zero-order valence-electron chi connectivity index (χ0n) is 43.5. The van der Waals surface area contributed by atoms with Gasteiger partial charge in [-0.3, -0.25) is 54.2 Å². The Hall–Kier alpha value is -8.96. The Morgan fingerprint density at radius 3 is 1.66 bits per heavy atom. The van der Waals surface area contributed by atoms with E-state index in [9.17, 15) is 23.2 Å². The second-order valence-electron chi connectivity index (χ2n) is 19.4. The number of pyridine rings is 6.